The number of methoxy groups -OCH3 is 1. The zero-order valence-electron chi connectivity index (χ0n) is 9.78. The van der Waals surface area contributed by atoms with Gasteiger partial charge < -0.3 is 9.15 Å². The Bertz CT molecular complexity index is 378. The lowest BCUT2D eigenvalue weighted by molar-refractivity contribution is 0.0562. The zero-order chi connectivity index (χ0) is 12.1. The lowest BCUT2D eigenvalue weighted by atomic mass is 9.99. The highest BCUT2D eigenvalue weighted by molar-refractivity contribution is 5.96. The molecule has 0 saturated carbocycles. The number of rotatable bonds is 5. The molecule has 4 heteroatoms. The molecule has 1 unspecified atom stereocenters. The Hall–Kier alpha value is -1.58. The molecule has 0 N–H and O–H groups in total. The molecule has 1 aromatic rings. The third kappa shape index (κ3) is 2.72. The standard InChI is InChI=1S/C12H16O4/c1-4-5-8(2)11(13)9-6-7-10(16-9)12(14)15-3/h6-8H,4-5H2,1-3H3. The number of Topliss-reactive ketones (excluding diaryl/α,β-unsaturated/α-hetero) is 1. The first kappa shape index (κ1) is 12.5. The molecule has 0 aliphatic heterocycles. The van der Waals surface area contributed by atoms with Gasteiger partial charge in [-0.2, -0.15) is 0 Å². The van der Waals surface area contributed by atoms with Crippen molar-refractivity contribution in [3.63, 3.8) is 0 Å². The Morgan fingerprint density at radius 1 is 1.38 bits per heavy atom. The first-order valence-corrected chi connectivity index (χ1v) is 5.32. The van der Waals surface area contributed by atoms with E-state index < -0.39 is 5.97 Å². The minimum atomic E-state index is -0.567. The summed E-state index contributed by atoms with van der Waals surface area (Å²) in [6, 6.07) is 2.97. The van der Waals surface area contributed by atoms with E-state index >= 15 is 0 Å². The fourth-order valence-electron chi connectivity index (χ4n) is 1.49. The summed E-state index contributed by atoms with van der Waals surface area (Å²) < 4.78 is 9.63. The van der Waals surface area contributed by atoms with Crippen molar-refractivity contribution in [1.29, 1.82) is 0 Å². The minimum Gasteiger partial charge on any atom is -0.463 e. The van der Waals surface area contributed by atoms with Gasteiger partial charge in [-0.3, -0.25) is 4.79 Å². The van der Waals surface area contributed by atoms with Crippen LogP contribution in [0.4, 0.5) is 0 Å². The molecule has 1 rings (SSSR count). The number of furan rings is 1. The van der Waals surface area contributed by atoms with Crippen LogP contribution in [0.1, 0.15) is 47.8 Å². The van der Waals surface area contributed by atoms with Gasteiger partial charge in [-0.1, -0.05) is 20.3 Å². The predicted molar refractivity (Wildman–Crippen MR) is 58.5 cm³/mol. The summed E-state index contributed by atoms with van der Waals surface area (Å²) in [5.74, 6) is -0.434. The summed E-state index contributed by atoms with van der Waals surface area (Å²) in [5, 5.41) is 0. The molecule has 16 heavy (non-hydrogen) atoms. The monoisotopic (exact) mass is 224 g/mol. The average Bonchev–Trinajstić information content (AvgIpc) is 2.76. The Morgan fingerprint density at radius 3 is 2.56 bits per heavy atom. The van der Waals surface area contributed by atoms with Crippen molar-refractivity contribution in [2.45, 2.75) is 26.7 Å². The van der Waals surface area contributed by atoms with Gasteiger partial charge in [0, 0.05) is 5.92 Å². The molecule has 0 aliphatic carbocycles. The van der Waals surface area contributed by atoms with Gasteiger partial charge in [0.25, 0.3) is 0 Å². The molecule has 0 saturated heterocycles. The first-order chi connectivity index (χ1) is 7.60. The van der Waals surface area contributed by atoms with E-state index in [0.29, 0.717) is 0 Å². The van der Waals surface area contributed by atoms with Crippen molar-refractivity contribution in [2.75, 3.05) is 7.11 Å². The van der Waals surface area contributed by atoms with Gasteiger partial charge in [0.05, 0.1) is 7.11 Å². The lowest BCUT2D eigenvalue weighted by Gasteiger charge is -2.05. The van der Waals surface area contributed by atoms with E-state index in [1.807, 2.05) is 13.8 Å². The van der Waals surface area contributed by atoms with Crippen molar-refractivity contribution in [2.24, 2.45) is 5.92 Å². The summed E-state index contributed by atoms with van der Waals surface area (Å²) in [7, 11) is 1.27. The van der Waals surface area contributed by atoms with Gasteiger partial charge in [-0.25, -0.2) is 4.79 Å². The molecule has 0 spiro atoms. The number of carbonyl (C=O) groups is 2. The van der Waals surface area contributed by atoms with Crippen LogP contribution in [0.5, 0.6) is 0 Å². The molecule has 1 aromatic heterocycles. The Balaban J connectivity index is 2.77. The topological polar surface area (TPSA) is 56.5 Å². The predicted octanol–water partition coefficient (Wildman–Crippen LogP) is 2.69. The van der Waals surface area contributed by atoms with Crippen LogP contribution in [-0.4, -0.2) is 18.9 Å². The maximum Gasteiger partial charge on any atom is 0.373 e. The van der Waals surface area contributed by atoms with Gasteiger partial charge in [0.15, 0.2) is 5.76 Å². The second kappa shape index (κ2) is 5.49. The highest BCUT2D eigenvalue weighted by Gasteiger charge is 2.20. The van der Waals surface area contributed by atoms with Crippen LogP contribution >= 0.6 is 0 Å². The third-order valence-electron chi connectivity index (χ3n) is 2.40. The third-order valence-corrected chi connectivity index (χ3v) is 2.40. The van der Waals surface area contributed by atoms with Crippen LogP contribution in [0.25, 0.3) is 0 Å². The summed E-state index contributed by atoms with van der Waals surface area (Å²) in [6.07, 6.45) is 1.75. The fraction of sp³-hybridized carbons (Fsp3) is 0.500. The van der Waals surface area contributed by atoms with Gasteiger partial charge in [-0.15, -0.1) is 0 Å². The van der Waals surface area contributed by atoms with Crippen LogP contribution in [0, 0.1) is 5.92 Å². The summed E-state index contributed by atoms with van der Waals surface area (Å²) in [6.45, 7) is 3.87. The second-order valence-corrected chi connectivity index (χ2v) is 3.71. The number of hydrogen-bond acceptors (Lipinski definition) is 4. The molecule has 1 atom stereocenters. The maximum absolute atomic E-state index is 11.8. The highest BCUT2D eigenvalue weighted by Crippen LogP contribution is 2.16. The van der Waals surface area contributed by atoms with E-state index in [1.165, 1.54) is 19.2 Å². The molecule has 88 valence electrons. The van der Waals surface area contributed by atoms with Crippen molar-refractivity contribution >= 4 is 11.8 Å². The summed E-state index contributed by atoms with van der Waals surface area (Å²) in [5.41, 5.74) is 0. The minimum absolute atomic E-state index is 0.0644. The van der Waals surface area contributed by atoms with Crippen LogP contribution in [0.15, 0.2) is 16.5 Å². The Morgan fingerprint density at radius 2 is 2.00 bits per heavy atom. The van der Waals surface area contributed by atoms with Gasteiger partial charge >= 0.3 is 5.97 Å². The number of esters is 1. The molecular formula is C12H16O4. The van der Waals surface area contributed by atoms with Crippen LogP contribution in [0.3, 0.4) is 0 Å². The van der Waals surface area contributed by atoms with Gasteiger partial charge in [0.1, 0.15) is 0 Å². The van der Waals surface area contributed by atoms with Gasteiger partial charge in [0.2, 0.25) is 11.5 Å². The highest BCUT2D eigenvalue weighted by atomic mass is 16.5. The smallest absolute Gasteiger partial charge is 0.373 e. The normalized spacial score (nSPS) is 12.2. The van der Waals surface area contributed by atoms with Crippen molar-refractivity contribution in [3.8, 4) is 0 Å². The first-order valence-electron chi connectivity index (χ1n) is 5.32. The molecule has 0 aliphatic rings. The zero-order valence-corrected chi connectivity index (χ0v) is 9.78. The summed E-state index contributed by atoms with van der Waals surface area (Å²) >= 11 is 0. The summed E-state index contributed by atoms with van der Waals surface area (Å²) in [4.78, 5) is 22.9. The van der Waals surface area contributed by atoms with Crippen LogP contribution in [0.2, 0.25) is 0 Å². The molecular weight excluding hydrogens is 208 g/mol. The van der Waals surface area contributed by atoms with E-state index in [9.17, 15) is 9.59 Å². The number of hydrogen-bond donors (Lipinski definition) is 0. The largest absolute Gasteiger partial charge is 0.463 e. The maximum atomic E-state index is 11.8. The lowest BCUT2D eigenvalue weighted by Crippen LogP contribution is -2.10. The number of carbonyl (C=O) groups excluding carboxylic acids is 2. The SMILES string of the molecule is CCCC(C)C(=O)c1ccc(C(=O)OC)o1. The molecule has 0 bridgehead atoms. The van der Waals surface area contributed by atoms with Crippen molar-refractivity contribution in [3.05, 3.63) is 23.7 Å². The molecule has 0 amide bonds. The van der Waals surface area contributed by atoms with Crippen LogP contribution in [-0.2, 0) is 4.74 Å². The van der Waals surface area contributed by atoms with Gasteiger partial charge in [-0.05, 0) is 18.6 Å². The molecule has 0 fully saturated rings. The molecule has 0 aromatic carbocycles. The van der Waals surface area contributed by atoms with Crippen molar-refractivity contribution < 1.29 is 18.7 Å². The van der Waals surface area contributed by atoms with E-state index in [2.05, 4.69) is 4.74 Å². The van der Waals surface area contributed by atoms with E-state index in [-0.39, 0.29) is 23.2 Å². The quantitative estimate of drug-likeness (QED) is 0.570. The Labute approximate surface area is 94.6 Å². The average molecular weight is 224 g/mol. The van der Waals surface area contributed by atoms with E-state index in [1.54, 1.807) is 0 Å². The van der Waals surface area contributed by atoms with E-state index in [4.69, 9.17) is 4.42 Å². The van der Waals surface area contributed by atoms with Crippen molar-refractivity contribution in [1.82, 2.24) is 0 Å². The number of ketones is 1. The molecule has 4 nitrogen and oxygen atoms in total. The molecule has 1 heterocycles. The Kier molecular flexibility index (Phi) is 4.28. The fourth-order valence-corrected chi connectivity index (χ4v) is 1.49. The number of ether oxygens (including phenoxy) is 1. The second-order valence-electron chi connectivity index (χ2n) is 3.71. The van der Waals surface area contributed by atoms with Crippen LogP contribution < -0.4 is 0 Å². The van der Waals surface area contributed by atoms with E-state index in [0.717, 1.165) is 12.8 Å². The molecule has 0 radical (unpaired) electrons.